The Hall–Kier alpha value is -3.36. The number of carbonyl (C=O) groups excluding carboxylic acids is 3. The molecule has 9 nitrogen and oxygen atoms in total. The second kappa shape index (κ2) is 10.5. The predicted molar refractivity (Wildman–Crippen MR) is 131 cm³/mol. The molecular formula is C26H35N5O4. The van der Waals surface area contributed by atoms with Crippen molar-refractivity contribution >= 4 is 17.7 Å². The lowest BCUT2D eigenvalue weighted by Gasteiger charge is -2.41. The Labute approximate surface area is 206 Å². The minimum atomic E-state index is -1.07. The Morgan fingerprint density at radius 3 is 2.57 bits per heavy atom. The third-order valence-corrected chi connectivity index (χ3v) is 7.10. The van der Waals surface area contributed by atoms with Crippen molar-refractivity contribution < 1.29 is 19.1 Å². The Bertz CT molecular complexity index is 1070. The van der Waals surface area contributed by atoms with Crippen LogP contribution in [-0.2, 0) is 17.8 Å². The van der Waals surface area contributed by atoms with Gasteiger partial charge in [-0.2, -0.15) is 5.10 Å². The summed E-state index contributed by atoms with van der Waals surface area (Å²) in [4.78, 5) is 40.5. The molecule has 0 saturated heterocycles. The molecule has 0 radical (unpaired) electrons. The highest BCUT2D eigenvalue weighted by Gasteiger charge is 2.46. The van der Waals surface area contributed by atoms with Gasteiger partial charge in [0.15, 0.2) is 5.69 Å². The molecule has 4 rings (SSSR count). The monoisotopic (exact) mass is 481 g/mol. The Morgan fingerprint density at radius 1 is 1.17 bits per heavy atom. The number of carbonyl (C=O) groups is 3. The van der Waals surface area contributed by atoms with Crippen LogP contribution in [-0.4, -0.2) is 64.2 Å². The zero-order chi connectivity index (χ0) is 25.0. The number of aromatic nitrogens is 2. The quantitative estimate of drug-likeness (QED) is 0.603. The molecule has 2 aliphatic rings. The van der Waals surface area contributed by atoms with Gasteiger partial charge >= 0.3 is 0 Å². The van der Waals surface area contributed by atoms with Crippen molar-refractivity contribution in [3.63, 3.8) is 0 Å². The highest BCUT2D eigenvalue weighted by atomic mass is 16.5. The summed E-state index contributed by atoms with van der Waals surface area (Å²) in [5.74, 6) is -0.0270. The van der Waals surface area contributed by atoms with Gasteiger partial charge in [-0.15, -0.1) is 0 Å². The van der Waals surface area contributed by atoms with Crippen LogP contribution in [0.4, 0.5) is 0 Å². The third kappa shape index (κ3) is 5.33. The van der Waals surface area contributed by atoms with Gasteiger partial charge in [-0.05, 0) is 50.8 Å². The maximum absolute atomic E-state index is 13.2. The average Bonchev–Trinajstić information content (AvgIpc) is 3.28. The van der Waals surface area contributed by atoms with Crippen molar-refractivity contribution in [2.24, 2.45) is 0 Å². The van der Waals surface area contributed by atoms with Crippen molar-refractivity contribution in [1.82, 2.24) is 25.3 Å². The second-order valence-electron chi connectivity index (χ2n) is 9.60. The summed E-state index contributed by atoms with van der Waals surface area (Å²) in [6, 6.07) is 9.41. The lowest BCUT2D eigenvalue weighted by molar-refractivity contribution is -0.133. The van der Waals surface area contributed by atoms with E-state index >= 15 is 0 Å². The molecule has 1 aromatic carbocycles. The number of fused-ring (bicyclic) bond motifs is 1. The number of benzene rings is 1. The van der Waals surface area contributed by atoms with E-state index in [0.29, 0.717) is 25.3 Å². The molecule has 35 heavy (non-hydrogen) atoms. The van der Waals surface area contributed by atoms with Gasteiger partial charge in [-0.25, -0.2) is 0 Å². The summed E-state index contributed by atoms with van der Waals surface area (Å²) >= 11 is 0. The van der Waals surface area contributed by atoms with Gasteiger partial charge in [0.05, 0.1) is 13.2 Å². The summed E-state index contributed by atoms with van der Waals surface area (Å²) in [7, 11) is 1.63. The van der Waals surface area contributed by atoms with Crippen LogP contribution in [0.3, 0.4) is 0 Å². The lowest BCUT2D eigenvalue weighted by atomic mass is 9.92. The topological polar surface area (TPSA) is 106 Å². The van der Waals surface area contributed by atoms with Crippen LogP contribution in [0.25, 0.3) is 0 Å². The largest absolute Gasteiger partial charge is 0.494 e. The number of nitrogens with zero attached hydrogens (tertiary/aromatic N) is 3. The Kier molecular flexibility index (Phi) is 7.42. The first kappa shape index (κ1) is 24.8. The van der Waals surface area contributed by atoms with Gasteiger partial charge in [-0.1, -0.05) is 31.4 Å². The van der Waals surface area contributed by atoms with E-state index in [9.17, 15) is 14.4 Å². The molecule has 1 aromatic heterocycles. The molecule has 1 unspecified atom stereocenters. The van der Waals surface area contributed by atoms with Gasteiger partial charge < -0.3 is 20.3 Å². The first-order valence-corrected chi connectivity index (χ1v) is 12.5. The van der Waals surface area contributed by atoms with Crippen LogP contribution in [0.1, 0.15) is 72.5 Å². The van der Waals surface area contributed by atoms with Crippen LogP contribution in [0, 0.1) is 0 Å². The van der Waals surface area contributed by atoms with E-state index in [1.807, 2.05) is 31.2 Å². The molecule has 2 heterocycles. The molecule has 1 atom stereocenters. The van der Waals surface area contributed by atoms with Gasteiger partial charge in [0, 0.05) is 25.7 Å². The first-order valence-electron chi connectivity index (χ1n) is 12.5. The second-order valence-corrected chi connectivity index (χ2v) is 9.60. The zero-order valence-electron chi connectivity index (χ0n) is 20.8. The van der Waals surface area contributed by atoms with Crippen molar-refractivity contribution in [2.75, 3.05) is 20.2 Å². The number of amides is 3. The summed E-state index contributed by atoms with van der Waals surface area (Å²) in [6.45, 7) is 4.94. The predicted octanol–water partition coefficient (Wildman–Crippen LogP) is 2.55. The average molecular weight is 482 g/mol. The maximum atomic E-state index is 13.2. The molecule has 2 aromatic rings. The highest BCUT2D eigenvalue weighted by Crippen LogP contribution is 2.27. The fraction of sp³-hybridized carbons (Fsp3) is 0.538. The summed E-state index contributed by atoms with van der Waals surface area (Å²) < 4.78 is 6.94. The molecule has 188 valence electrons. The molecule has 1 saturated carbocycles. The van der Waals surface area contributed by atoms with E-state index < -0.39 is 5.54 Å². The molecule has 9 heteroatoms. The third-order valence-electron chi connectivity index (χ3n) is 7.10. The maximum Gasteiger partial charge on any atom is 0.272 e. The highest BCUT2D eigenvalue weighted by molar-refractivity contribution is 6.01. The van der Waals surface area contributed by atoms with E-state index in [1.165, 1.54) is 22.1 Å². The number of hydrogen-bond donors (Lipinski definition) is 2. The zero-order valence-corrected chi connectivity index (χ0v) is 20.8. The van der Waals surface area contributed by atoms with Gasteiger partial charge in [-0.3, -0.25) is 19.1 Å². The summed E-state index contributed by atoms with van der Waals surface area (Å²) in [5, 5.41) is 10.4. The minimum Gasteiger partial charge on any atom is -0.494 e. The Morgan fingerprint density at radius 2 is 1.89 bits per heavy atom. The number of likely N-dealkylation sites (N-methyl/N-ethyl adjacent to an activating group) is 1. The van der Waals surface area contributed by atoms with Crippen molar-refractivity contribution in [2.45, 2.75) is 70.5 Å². The van der Waals surface area contributed by atoms with Crippen LogP contribution in [0.2, 0.25) is 0 Å². The van der Waals surface area contributed by atoms with E-state index in [1.54, 1.807) is 14.0 Å². The Balaban J connectivity index is 1.38. The van der Waals surface area contributed by atoms with E-state index in [-0.39, 0.29) is 36.0 Å². The van der Waals surface area contributed by atoms with Gasteiger partial charge in [0.2, 0.25) is 5.91 Å². The molecule has 2 N–H and O–H groups in total. The number of hydrogen-bond acceptors (Lipinski definition) is 5. The van der Waals surface area contributed by atoms with Crippen molar-refractivity contribution in [3.05, 3.63) is 47.3 Å². The number of rotatable bonds is 8. The smallest absolute Gasteiger partial charge is 0.272 e. The van der Waals surface area contributed by atoms with E-state index in [2.05, 4.69) is 15.7 Å². The number of nitrogens with one attached hydrogen (secondary N) is 2. The molecule has 0 spiro atoms. The van der Waals surface area contributed by atoms with E-state index in [0.717, 1.165) is 37.0 Å². The summed E-state index contributed by atoms with van der Waals surface area (Å²) in [6.07, 6.45) is 6.01. The van der Waals surface area contributed by atoms with Gasteiger partial charge in [0.1, 0.15) is 17.0 Å². The lowest BCUT2D eigenvalue weighted by Crippen LogP contribution is -2.63. The molecule has 1 fully saturated rings. The van der Waals surface area contributed by atoms with Crippen LogP contribution < -0.4 is 15.4 Å². The van der Waals surface area contributed by atoms with Crippen LogP contribution in [0.5, 0.6) is 5.75 Å². The van der Waals surface area contributed by atoms with E-state index in [4.69, 9.17) is 4.74 Å². The number of ether oxygens (including phenoxy) is 1. The van der Waals surface area contributed by atoms with Crippen molar-refractivity contribution in [3.8, 4) is 5.75 Å². The van der Waals surface area contributed by atoms with Crippen LogP contribution in [0.15, 0.2) is 30.3 Å². The minimum absolute atomic E-state index is 0.146. The fourth-order valence-electron chi connectivity index (χ4n) is 4.76. The molecule has 1 aliphatic heterocycles. The molecule has 0 bridgehead atoms. The fourth-order valence-corrected chi connectivity index (χ4v) is 4.76. The molecular weight excluding hydrogens is 446 g/mol. The van der Waals surface area contributed by atoms with Crippen molar-refractivity contribution in [1.29, 1.82) is 0 Å². The SMILES string of the molecule is CCOc1ccc(CCNC(=O)c2cc3n(n2)CC(C)(C(=O)NC2CCCCC2)N(C)C3=O)cc1. The van der Waals surface area contributed by atoms with Gasteiger partial charge in [0.25, 0.3) is 11.8 Å². The standard InChI is InChI=1S/C26H35N5O4/c1-4-35-20-12-10-18(11-13-20)14-15-27-23(32)21-16-22-24(33)30(3)26(2,17-31(22)29-21)25(34)28-19-8-6-5-7-9-19/h10-13,16,19H,4-9,14-15,17H2,1-3H3,(H,27,32)(H,28,34). The normalized spacial score (nSPS) is 20.3. The summed E-state index contributed by atoms with van der Waals surface area (Å²) in [5.41, 5.74) is 0.488. The van der Waals surface area contributed by atoms with Crippen LogP contribution >= 0.6 is 0 Å². The first-order chi connectivity index (χ1) is 16.8. The molecule has 3 amide bonds. The molecule has 1 aliphatic carbocycles.